The van der Waals surface area contributed by atoms with Gasteiger partial charge in [0.05, 0.1) is 6.54 Å². The van der Waals surface area contributed by atoms with Gasteiger partial charge in [-0.3, -0.25) is 4.99 Å². The molecule has 0 saturated carbocycles. The first-order valence-corrected chi connectivity index (χ1v) is 8.16. The minimum atomic E-state index is 0.00430. The SMILES string of the molecule is CCCCP1CCCC1(N)CC1=NCCO1. The minimum Gasteiger partial charge on any atom is -0.479 e. The highest BCUT2D eigenvalue weighted by Crippen LogP contribution is 2.57. The Morgan fingerprint density at radius 1 is 1.56 bits per heavy atom. The van der Waals surface area contributed by atoms with E-state index in [2.05, 4.69) is 11.9 Å². The van der Waals surface area contributed by atoms with Gasteiger partial charge >= 0.3 is 0 Å². The Morgan fingerprint density at radius 2 is 2.44 bits per heavy atom. The Labute approximate surface area is 99.6 Å². The first-order chi connectivity index (χ1) is 7.74. The second kappa shape index (κ2) is 5.46. The number of nitrogens with two attached hydrogens (primary N) is 1. The average Bonchev–Trinajstić information content (AvgIpc) is 2.86. The fourth-order valence-corrected chi connectivity index (χ4v) is 5.77. The van der Waals surface area contributed by atoms with E-state index in [0.29, 0.717) is 0 Å². The molecule has 2 N–H and O–H groups in total. The summed E-state index contributed by atoms with van der Waals surface area (Å²) in [5, 5.41) is 0.0354. The van der Waals surface area contributed by atoms with Crippen molar-refractivity contribution in [3.8, 4) is 0 Å². The molecule has 1 saturated heterocycles. The van der Waals surface area contributed by atoms with Crippen LogP contribution in [0.25, 0.3) is 0 Å². The van der Waals surface area contributed by atoms with E-state index in [1.807, 2.05) is 0 Å². The Balaban J connectivity index is 1.92. The molecular formula is C12H23N2OP. The molecule has 0 aromatic heterocycles. The molecule has 3 nitrogen and oxygen atoms in total. The van der Waals surface area contributed by atoms with E-state index < -0.39 is 0 Å². The van der Waals surface area contributed by atoms with E-state index >= 15 is 0 Å². The summed E-state index contributed by atoms with van der Waals surface area (Å²) in [5.41, 5.74) is 6.59. The van der Waals surface area contributed by atoms with Crippen molar-refractivity contribution in [1.29, 1.82) is 0 Å². The smallest absolute Gasteiger partial charge is 0.185 e. The van der Waals surface area contributed by atoms with Gasteiger partial charge in [0.2, 0.25) is 0 Å². The van der Waals surface area contributed by atoms with Crippen molar-refractivity contribution < 1.29 is 4.74 Å². The molecule has 0 aromatic carbocycles. The molecule has 2 rings (SSSR count). The van der Waals surface area contributed by atoms with Crippen LogP contribution in [0.3, 0.4) is 0 Å². The van der Waals surface area contributed by atoms with Gasteiger partial charge in [-0.15, -0.1) is 0 Å². The van der Waals surface area contributed by atoms with Crippen LogP contribution in [0.4, 0.5) is 0 Å². The standard InChI is InChI=1S/C12H23N2OP/c1-2-3-8-16-9-4-5-12(16,13)10-11-14-6-7-15-11/h2-10,13H2,1H3. The lowest BCUT2D eigenvalue weighted by Crippen LogP contribution is -2.38. The largest absolute Gasteiger partial charge is 0.479 e. The van der Waals surface area contributed by atoms with Crippen LogP contribution in [-0.4, -0.2) is 36.7 Å². The maximum Gasteiger partial charge on any atom is 0.185 e. The minimum absolute atomic E-state index is 0.00430. The van der Waals surface area contributed by atoms with Gasteiger partial charge in [-0.2, -0.15) is 0 Å². The fraction of sp³-hybridized carbons (Fsp3) is 0.917. The second-order valence-electron chi connectivity index (χ2n) is 4.85. The summed E-state index contributed by atoms with van der Waals surface area (Å²) in [6.07, 6.45) is 8.69. The number of hydrogen-bond acceptors (Lipinski definition) is 3. The summed E-state index contributed by atoms with van der Waals surface area (Å²) in [4.78, 5) is 4.38. The number of nitrogens with zero attached hydrogens (tertiary/aromatic N) is 1. The van der Waals surface area contributed by atoms with E-state index in [1.165, 1.54) is 38.0 Å². The molecule has 0 radical (unpaired) electrons. The van der Waals surface area contributed by atoms with Crippen molar-refractivity contribution in [3.05, 3.63) is 0 Å². The number of ether oxygens (including phenoxy) is 1. The van der Waals surface area contributed by atoms with Gasteiger partial charge in [0.25, 0.3) is 0 Å². The highest BCUT2D eigenvalue weighted by atomic mass is 31.1. The molecule has 2 aliphatic heterocycles. The quantitative estimate of drug-likeness (QED) is 0.753. The van der Waals surface area contributed by atoms with Crippen molar-refractivity contribution in [1.82, 2.24) is 0 Å². The number of hydrogen-bond donors (Lipinski definition) is 1. The second-order valence-corrected chi connectivity index (χ2v) is 7.71. The van der Waals surface area contributed by atoms with Crippen LogP contribution in [0.1, 0.15) is 39.0 Å². The van der Waals surface area contributed by atoms with Crippen LogP contribution >= 0.6 is 7.92 Å². The van der Waals surface area contributed by atoms with Crippen LogP contribution in [0.2, 0.25) is 0 Å². The Bertz CT molecular complexity index is 270. The van der Waals surface area contributed by atoms with E-state index in [9.17, 15) is 0 Å². The zero-order valence-electron chi connectivity index (χ0n) is 10.2. The molecule has 0 aliphatic carbocycles. The third-order valence-corrected chi connectivity index (χ3v) is 6.91. The van der Waals surface area contributed by atoms with Gasteiger partial charge in [0.1, 0.15) is 6.61 Å². The Morgan fingerprint density at radius 3 is 3.12 bits per heavy atom. The van der Waals surface area contributed by atoms with E-state index in [0.717, 1.165) is 25.5 Å². The maximum absolute atomic E-state index is 6.59. The molecule has 92 valence electrons. The lowest BCUT2D eigenvalue weighted by atomic mass is 10.1. The predicted molar refractivity (Wildman–Crippen MR) is 70.6 cm³/mol. The fourth-order valence-electron chi connectivity index (χ4n) is 2.59. The van der Waals surface area contributed by atoms with Crippen molar-refractivity contribution in [2.45, 2.75) is 44.3 Å². The van der Waals surface area contributed by atoms with Gasteiger partial charge < -0.3 is 10.5 Å². The molecule has 0 amide bonds. The van der Waals surface area contributed by atoms with Crippen molar-refractivity contribution in [2.24, 2.45) is 10.7 Å². The van der Waals surface area contributed by atoms with Gasteiger partial charge in [-0.05, 0) is 31.6 Å². The summed E-state index contributed by atoms with van der Waals surface area (Å²) in [6, 6.07) is 0. The molecule has 4 heteroatoms. The highest BCUT2D eigenvalue weighted by Gasteiger charge is 2.40. The number of aliphatic imine (C=N–C) groups is 1. The summed E-state index contributed by atoms with van der Waals surface area (Å²) in [7, 11) is 0.00430. The molecule has 0 bridgehead atoms. The van der Waals surface area contributed by atoms with E-state index in [-0.39, 0.29) is 13.2 Å². The molecule has 0 spiro atoms. The molecule has 2 unspecified atom stereocenters. The summed E-state index contributed by atoms with van der Waals surface area (Å²) >= 11 is 0. The van der Waals surface area contributed by atoms with Crippen molar-refractivity contribution in [3.63, 3.8) is 0 Å². The molecule has 2 heterocycles. The molecular weight excluding hydrogens is 219 g/mol. The number of unbranched alkanes of at least 4 members (excludes halogenated alkanes) is 1. The third-order valence-electron chi connectivity index (χ3n) is 3.55. The molecule has 1 fully saturated rings. The summed E-state index contributed by atoms with van der Waals surface area (Å²) < 4.78 is 5.51. The predicted octanol–water partition coefficient (Wildman–Crippen LogP) is 2.54. The van der Waals surface area contributed by atoms with Crippen LogP contribution < -0.4 is 5.73 Å². The first kappa shape index (κ1) is 12.3. The Hall–Kier alpha value is -0.140. The zero-order chi connectivity index (χ0) is 11.4. The molecule has 16 heavy (non-hydrogen) atoms. The lowest BCUT2D eigenvalue weighted by Gasteiger charge is -2.31. The Kier molecular flexibility index (Phi) is 4.21. The normalized spacial score (nSPS) is 33.9. The summed E-state index contributed by atoms with van der Waals surface area (Å²) in [5.74, 6) is 0.924. The molecule has 2 atom stereocenters. The average molecular weight is 242 g/mol. The van der Waals surface area contributed by atoms with Crippen molar-refractivity contribution in [2.75, 3.05) is 25.5 Å². The highest BCUT2D eigenvalue weighted by molar-refractivity contribution is 7.59. The van der Waals surface area contributed by atoms with E-state index in [4.69, 9.17) is 10.5 Å². The zero-order valence-corrected chi connectivity index (χ0v) is 11.1. The van der Waals surface area contributed by atoms with Gasteiger partial charge in [0, 0.05) is 11.7 Å². The molecule has 2 aliphatic rings. The monoisotopic (exact) mass is 242 g/mol. The van der Waals surface area contributed by atoms with E-state index in [1.54, 1.807) is 0 Å². The van der Waals surface area contributed by atoms with Crippen LogP contribution in [0.15, 0.2) is 4.99 Å². The van der Waals surface area contributed by atoms with Crippen molar-refractivity contribution >= 4 is 13.8 Å². The maximum atomic E-state index is 6.59. The van der Waals surface area contributed by atoms with Crippen LogP contribution in [0.5, 0.6) is 0 Å². The lowest BCUT2D eigenvalue weighted by molar-refractivity contribution is 0.331. The first-order valence-electron chi connectivity index (χ1n) is 6.45. The van der Waals surface area contributed by atoms with Crippen LogP contribution in [0, 0.1) is 0 Å². The molecule has 0 aromatic rings. The van der Waals surface area contributed by atoms with Crippen LogP contribution in [-0.2, 0) is 4.74 Å². The van der Waals surface area contributed by atoms with Gasteiger partial charge in [0.15, 0.2) is 5.90 Å². The number of rotatable bonds is 5. The summed E-state index contributed by atoms with van der Waals surface area (Å²) in [6.45, 7) is 3.85. The van der Waals surface area contributed by atoms with Gasteiger partial charge in [-0.25, -0.2) is 0 Å². The topological polar surface area (TPSA) is 47.6 Å². The third kappa shape index (κ3) is 2.75. The van der Waals surface area contributed by atoms with Gasteiger partial charge in [-0.1, -0.05) is 21.3 Å².